The lowest BCUT2D eigenvalue weighted by atomic mass is 10.1. The molecule has 1 aromatic heterocycles. The highest BCUT2D eigenvalue weighted by Crippen LogP contribution is 2.25. The topological polar surface area (TPSA) is 107 Å². The zero-order chi connectivity index (χ0) is 25.4. The van der Waals surface area contributed by atoms with Crippen LogP contribution in [0.5, 0.6) is 11.5 Å². The van der Waals surface area contributed by atoms with Gasteiger partial charge in [-0.3, -0.25) is 14.7 Å². The maximum absolute atomic E-state index is 12.3. The van der Waals surface area contributed by atoms with Gasteiger partial charge in [0, 0.05) is 15.7 Å². The summed E-state index contributed by atoms with van der Waals surface area (Å²) >= 11 is 4.58. The summed E-state index contributed by atoms with van der Waals surface area (Å²) in [5.74, 6) is 1.54. The van der Waals surface area contributed by atoms with Gasteiger partial charge in [-0.25, -0.2) is 4.79 Å². The summed E-state index contributed by atoms with van der Waals surface area (Å²) in [5.41, 5.74) is 0.343. The molecule has 0 bridgehead atoms. The third-order valence-electron chi connectivity index (χ3n) is 4.36. The number of rotatable bonds is 9. The molecule has 186 valence electrons. The fourth-order valence-corrected chi connectivity index (χ4v) is 3.98. The van der Waals surface area contributed by atoms with Gasteiger partial charge in [0.1, 0.15) is 18.1 Å². The Hall–Kier alpha value is -3.05. The van der Waals surface area contributed by atoms with Crippen LogP contribution in [0.2, 0.25) is 0 Å². The summed E-state index contributed by atoms with van der Waals surface area (Å²) in [5, 5.41) is 14.1. The largest absolute Gasteiger partial charge is 0.494 e. The quantitative estimate of drug-likeness (QED) is 0.364. The van der Waals surface area contributed by atoms with E-state index in [2.05, 4.69) is 36.8 Å². The number of ether oxygens (including phenoxy) is 2. The second-order valence-electron chi connectivity index (χ2n) is 8.44. The Morgan fingerprint density at radius 1 is 1.00 bits per heavy atom. The van der Waals surface area contributed by atoms with Crippen molar-refractivity contribution in [2.24, 2.45) is 0 Å². The smallest absolute Gasteiger partial charge is 0.321 e. The molecule has 0 aliphatic heterocycles. The number of thioether (sulfide) groups is 1. The minimum absolute atomic E-state index is 0.0136. The van der Waals surface area contributed by atoms with Crippen LogP contribution in [0, 0.1) is 0 Å². The summed E-state index contributed by atoms with van der Waals surface area (Å²) in [6, 6.07) is 14.4. The molecule has 11 heteroatoms. The van der Waals surface area contributed by atoms with Gasteiger partial charge in [0.25, 0.3) is 0 Å². The number of amides is 3. The van der Waals surface area contributed by atoms with E-state index in [0.717, 1.165) is 15.9 Å². The number of benzene rings is 2. The lowest BCUT2D eigenvalue weighted by Crippen LogP contribution is -2.48. The lowest BCUT2D eigenvalue weighted by Gasteiger charge is -2.20. The fourth-order valence-electron chi connectivity index (χ4n) is 2.95. The van der Waals surface area contributed by atoms with Gasteiger partial charge in [0.15, 0.2) is 11.0 Å². The van der Waals surface area contributed by atoms with Crippen LogP contribution in [0.15, 0.2) is 58.2 Å². The second-order valence-corrected chi connectivity index (χ2v) is 10.3. The van der Waals surface area contributed by atoms with Crippen molar-refractivity contribution < 1.29 is 19.1 Å². The Balaban J connectivity index is 1.76. The van der Waals surface area contributed by atoms with E-state index in [0.29, 0.717) is 23.3 Å². The number of aromatic nitrogens is 3. The van der Waals surface area contributed by atoms with Crippen molar-refractivity contribution in [3.63, 3.8) is 0 Å². The highest BCUT2D eigenvalue weighted by atomic mass is 79.9. The Morgan fingerprint density at radius 3 is 2.26 bits per heavy atom. The van der Waals surface area contributed by atoms with E-state index in [9.17, 15) is 9.59 Å². The van der Waals surface area contributed by atoms with Gasteiger partial charge >= 0.3 is 6.03 Å². The van der Waals surface area contributed by atoms with E-state index in [4.69, 9.17) is 9.47 Å². The molecule has 35 heavy (non-hydrogen) atoms. The Labute approximate surface area is 217 Å². The number of carbonyl (C=O) groups is 2. The van der Waals surface area contributed by atoms with Crippen LogP contribution in [0.4, 0.5) is 4.79 Å². The van der Waals surface area contributed by atoms with Crippen molar-refractivity contribution in [2.75, 3.05) is 12.4 Å². The van der Waals surface area contributed by atoms with Gasteiger partial charge in [-0.15, -0.1) is 10.2 Å². The summed E-state index contributed by atoms with van der Waals surface area (Å²) in [6.07, 6.45) is 0. The minimum atomic E-state index is -0.542. The van der Waals surface area contributed by atoms with Crippen molar-refractivity contribution in [1.29, 1.82) is 0 Å². The van der Waals surface area contributed by atoms with Gasteiger partial charge in [-0.05, 0) is 76.2 Å². The first-order valence-corrected chi connectivity index (χ1v) is 12.7. The maximum Gasteiger partial charge on any atom is 0.321 e. The predicted molar refractivity (Wildman–Crippen MR) is 138 cm³/mol. The normalized spacial score (nSPS) is 11.1. The van der Waals surface area contributed by atoms with Gasteiger partial charge in [0.05, 0.1) is 12.4 Å². The molecule has 0 aliphatic rings. The molecule has 0 atom stereocenters. The van der Waals surface area contributed by atoms with Gasteiger partial charge in [0.2, 0.25) is 5.91 Å². The van der Waals surface area contributed by atoms with Gasteiger partial charge in [-0.1, -0.05) is 27.7 Å². The highest BCUT2D eigenvalue weighted by molar-refractivity contribution is 9.10. The first-order chi connectivity index (χ1) is 16.6. The summed E-state index contributed by atoms with van der Waals surface area (Å²) < 4.78 is 14.2. The highest BCUT2D eigenvalue weighted by Gasteiger charge is 2.19. The molecule has 0 unspecified atom stereocenters. The minimum Gasteiger partial charge on any atom is -0.494 e. The third kappa shape index (κ3) is 8.29. The van der Waals surface area contributed by atoms with E-state index in [1.165, 1.54) is 11.8 Å². The number of hydrogen-bond donors (Lipinski definition) is 2. The predicted octanol–water partition coefficient (Wildman–Crippen LogP) is 4.72. The summed E-state index contributed by atoms with van der Waals surface area (Å²) in [6.45, 7) is 8.17. The van der Waals surface area contributed by atoms with E-state index in [1.807, 2.05) is 80.8 Å². The number of hydrogen-bond acceptors (Lipinski definition) is 7. The Kier molecular flexibility index (Phi) is 9.16. The SMILES string of the molecule is CCOc1ccc(-n2c(COc3ccc(Br)cc3)nnc2SCC(=O)NC(=O)NC(C)(C)C)cc1. The number of carbonyl (C=O) groups excluding carboxylic acids is 2. The zero-order valence-corrected chi connectivity index (χ0v) is 22.4. The van der Waals surface area contributed by atoms with Crippen molar-refractivity contribution in [3.05, 3.63) is 58.8 Å². The molecule has 3 amide bonds. The first kappa shape index (κ1) is 26.6. The van der Waals surface area contributed by atoms with Gasteiger partial charge < -0.3 is 14.8 Å². The number of halogens is 1. The average Bonchev–Trinajstić information content (AvgIpc) is 3.19. The van der Waals surface area contributed by atoms with Gasteiger partial charge in [-0.2, -0.15) is 0 Å². The first-order valence-electron chi connectivity index (χ1n) is 11.0. The van der Waals surface area contributed by atoms with E-state index < -0.39 is 17.5 Å². The molecule has 0 saturated carbocycles. The molecule has 0 radical (unpaired) electrons. The third-order valence-corrected chi connectivity index (χ3v) is 5.82. The molecular formula is C24H28BrN5O4S. The summed E-state index contributed by atoms with van der Waals surface area (Å²) in [4.78, 5) is 24.3. The van der Waals surface area contributed by atoms with Crippen LogP contribution in [-0.4, -0.2) is 44.6 Å². The summed E-state index contributed by atoms with van der Waals surface area (Å²) in [7, 11) is 0. The number of imide groups is 1. The van der Waals surface area contributed by atoms with Crippen molar-refractivity contribution in [1.82, 2.24) is 25.4 Å². The van der Waals surface area contributed by atoms with Crippen LogP contribution < -0.4 is 20.1 Å². The van der Waals surface area contributed by atoms with E-state index >= 15 is 0 Å². The number of nitrogens with one attached hydrogen (secondary N) is 2. The van der Waals surface area contributed by atoms with E-state index in [-0.39, 0.29) is 12.4 Å². The molecule has 2 N–H and O–H groups in total. The molecule has 0 fully saturated rings. The lowest BCUT2D eigenvalue weighted by molar-refractivity contribution is -0.117. The Morgan fingerprint density at radius 2 is 1.63 bits per heavy atom. The van der Waals surface area contributed by atoms with Crippen molar-refractivity contribution >= 4 is 39.6 Å². The molecule has 0 aliphatic carbocycles. The molecular weight excluding hydrogens is 534 g/mol. The molecule has 3 aromatic rings. The maximum atomic E-state index is 12.3. The van der Waals surface area contributed by atoms with E-state index in [1.54, 1.807) is 0 Å². The molecule has 0 saturated heterocycles. The molecule has 9 nitrogen and oxygen atoms in total. The van der Waals surface area contributed by atoms with Crippen molar-refractivity contribution in [2.45, 2.75) is 45.0 Å². The molecule has 1 heterocycles. The fraction of sp³-hybridized carbons (Fsp3) is 0.333. The molecule has 0 spiro atoms. The van der Waals surface area contributed by atoms with Crippen LogP contribution >= 0.6 is 27.7 Å². The number of urea groups is 1. The average molecular weight is 562 g/mol. The van der Waals surface area contributed by atoms with Crippen molar-refractivity contribution in [3.8, 4) is 17.2 Å². The Bertz CT molecular complexity index is 1140. The number of nitrogens with zero attached hydrogens (tertiary/aromatic N) is 3. The van der Waals surface area contributed by atoms with Crippen LogP contribution in [0.1, 0.15) is 33.5 Å². The van der Waals surface area contributed by atoms with Crippen LogP contribution in [-0.2, 0) is 11.4 Å². The standard InChI is InChI=1S/C24H28BrN5O4S/c1-5-33-18-12-8-17(9-13-18)30-20(14-34-19-10-6-16(25)7-11-19)28-29-23(30)35-15-21(31)26-22(32)27-24(2,3)4/h6-13H,5,14-15H2,1-4H3,(H2,26,27,31,32). The van der Waals surface area contributed by atoms with Crippen LogP contribution in [0.3, 0.4) is 0 Å². The zero-order valence-electron chi connectivity index (χ0n) is 20.0. The second kappa shape index (κ2) is 12.1. The van der Waals surface area contributed by atoms with Crippen LogP contribution in [0.25, 0.3) is 5.69 Å². The monoisotopic (exact) mass is 561 g/mol. The molecule has 2 aromatic carbocycles. The molecule has 3 rings (SSSR count).